The van der Waals surface area contributed by atoms with E-state index in [1.54, 1.807) is 0 Å². The molecule has 1 aliphatic carbocycles. The minimum absolute atomic E-state index is 0.0446. The van der Waals surface area contributed by atoms with Gasteiger partial charge < -0.3 is 4.57 Å². The number of aliphatic imine (C=N–C) groups is 1. The van der Waals surface area contributed by atoms with Gasteiger partial charge in [0.25, 0.3) is 5.91 Å². The van der Waals surface area contributed by atoms with Gasteiger partial charge in [-0.05, 0) is 79.4 Å². The summed E-state index contributed by atoms with van der Waals surface area (Å²) in [6.45, 7) is 4.99. The number of rotatable bonds is 5. The average Bonchev–Trinajstić information content (AvgIpc) is 3.39. The van der Waals surface area contributed by atoms with Crippen LogP contribution >= 0.6 is 11.8 Å². The van der Waals surface area contributed by atoms with Crippen LogP contribution in [0.25, 0.3) is 17.0 Å². The molecule has 2 aliphatic rings. The Labute approximate surface area is 233 Å². The van der Waals surface area contributed by atoms with E-state index in [0.717, 1.165) is 57.8 Å². The molecular formula is C33H32FN3OS. The molecule has 2 fully saturated rings. The number of aromatic nitrogens is 1. The molecule has 198 valence electrons. The molecular weight excluding hydrogens is 505 g/mol. The summed E-state index contributed by atoms with van der Waals surface area (Å²) in [6, 6.07) is 25.0. The number of thioether (sulfide) groups is 1. The smallest absolute Gasteiger partial charge is 0.267 e. The Morgan fingerprint density at radius 3 is 2.46 bits per heavy atom. The molecule has 6 heteroatoms. The first kappa shape index (κ1) is 25.6. The molecule has 0 N–H and O–H groups in total. The molecule has 0 spiro atoms. The number of halogens is 1. The van der Waals surface area contributed by atoms with Gasteiger partial charge in [-0.1, -0.05) is 68.3 Å². The molecule has 1 amide bonds. The Balaban J connectivity index is 1.42. The Hall–Kier alpha value is -3.64. The molecule has 0 radical (unpaired) electrons. The van der Waals surface area contributed by atoms with Crippen LogP contribution in [0.2, 0.25) is 0 Å². The van der Waals surface area contributed by atoms with E-state index in [1.165, 1.54) is 30.3 Å². The Morgan fingerprint density at radius 1 is 0.974 bits per heavy atom. The van der Waals surface area contributed by atoms with Crippen molar-refractivity contribution >= 4 is 45.5 Å². The minimum atomic E-state index is -0.236. The van der Waals surface area contributed by atoms with Gasteiger partial charge in [0.15, 0.2) is 5.17 Å². The van der Waals surface area contributed by atoms with Crippen molar-refractivity contribution in [1.29, 1.82) is 0 Å². The molecule has 4 aromatic rings. The van der Waals surface area contributed by atoms with E-state index in [4.69, 9.17) is 4.99 Å². The number of benzene rings is 3. The quantitative estimate of drug-likeness (QED) is 0.240. The highest BCUT2D eigenvalue weighted by molar-refractivity contribution is 8.18. The van der Waals surface area contributed by atoms with Gasteiger partial charge in [0.2, 0.25) is 0 Å². The van der Waals surface area contributed by atoms with Crippen molar-refractivity contribution in [2.24, 2.45) is 10.9 Å². The van der Waals surface area contributed by atoms with Gasteiger partial charge in [0.1, 0.15) is 5.82 Å². The highest BCUT2D eigenvalue weighted by Gasteiger charge is 2.41. The molecule has 4 nitrogen and oxygen atoms in total. The van der Waals surface area contributed by atoms with Crippen molar-refractivity contribution in [3.8, 4) is 0 Å². The predicted octanol–water partition coefficient (Wildman–Crippen LogP) is 8.32. The summed E-state index contributed by atoms with van der Waals surface area (Å²) in [5.74, 6) is 0.242. The SMILES string of the molecule is Cc1c(/C=C2\SC(=Nc3ccccc3)N([C@H]3CCCC[C@@H]3C)C2=O)c2ccccc2n1Cc1ccc(F)cc1. The van der Waals surface area contributed by atoms with E-state index in [2.05, 4.69) is 36.6 Å². The Morgan fingerprint density at radius 2 is 1.69 bits per heavy atom. The van der Waals surface area contributed by atoms with E-state index in [0.29, 0.717) is 17.4 Å². The molecule has 1 aliphatic heterocycles. The topological polar surface area (TPSA) is 37.6 Å². The van der Waals surface area contributed by atoms with Crippen LogP contribution in [0.5, 0.6) is 0 Å². The second-order valence-corrected chi connectivity index (χ2v) is 11.6. The lowest BCUT2D eigenvalue weighted by atomic mass is 9.85. The van der Waals surface area contributed by atoms with Crippen molar-refractivity contribution in [2.75, 3.05) is 0 Å². The lowest BCUT2D eigenvalue weighted by Gasteiger charge is -2.35. The Bertz CT molecular complexity index is 1570. The van der Waals surface area contributed by atoms with Gasteiger partial charge in [-0.15, -0.1) is 0 Å². The first-order valence-corrected chi connectivity index (χ1v) is 14.5. The summed E-state index contributed by atoms with van der Waals surface area (Å²) < 4.78 is 15.8. The molecule has 39 heavy (non-hydrogen) atoms. The van der Waals surface area contributed by atoms with Gasteiger partial charge in [0.05, 0.1) is 10.6 Å². The van der Waals surface area contributed by atoms with Gasteiger partial charge >= 0.3 is 0 Å². The lowest BCUT2D eigenvalue weighted by molar-refractivity contribution is -0.124. The highest BCUT2D eigenvalue weighted by atomic mass is 32.2. The zero-order valence-corrected chi connectivity index (χ0v) is 23.1. The standard InChI is InChI=1S/C33H32FN3OS/c1-22-10-6-8-14-29(22)37-32(38)31(39-33(37)35-26-11-4-3-5-12-26)20-28-23(2)36(30-15-9-7-13-27(28)30)21-24-16-18-25(34)19-17-24/h3-5,7,9,11-13,15-20,22,29H,6,8,10,14,21H2,1-2H3/b31-20-,35-33?/t22-,29-/m0/s1. The molecule has 0 bridgehead atoms. The van der Waals surface area contributed by atoms with Crippen LogP contribution in [0.3, 0.4) is 0 Å². The number of fused-ring (bicyclic) bond motifs is 1. The second-order valence-electron chi connectivity index (χ2n) is 10.6. The number of nitrogens with zero attached hydrogens (tertiary/aromatic N) is 3. The van der Waals surface area contributed by atoms with E-state index in [1.807, 2.05) is 59.5 Å². The van der Waals surface area contributed by atoms with Gasteiger partial charge in [0, 0.05) is 34.7 Å². The maximum absolute atomic E-state index is 14.0. The van der Waals surface area contributed by atoms with E-state index in [-0.39, 0.29) is 17.8 Å². The fourth-order valence-corrected chi connectivity index (χ4v) is 6.92. The first-order chi connectivity index (χ1) is 19.0. The summed E-state index contributed by atoms with van der Waals surface area (Å²) in [5.41, 5.74) is 5.10. The summed E-state index contributed by atoms with van der Waals surface area (Å²) in [4.78, 5) is 21.7. The molecule has 6 rings (SSSR count). The molecule has 2 heterocycles. The number of carbonyl (C=O) groups excluding carboxylic acids is 1. The number of amides is 1. The Kier molecular flexibility index (Phi) is 7.13. The summed E-state index contributed by atoms with van der Waals surface area (Å²) in [6.07, 6.45) is 6.54. The normalized spacial score (nSPS) is 21.9. The zero-order valence-electron chi connectivity index (χ0n) is 22.3. The van der Waals surface area contributed by atoms with Crippen molar-refractivity contribution in [2.45, 2.75) is 52.1 Å². The molecule has 1 saturated heterocycles. The van der Waals surface area contributed by atoms with E-state index >= 15 is 0 Å². The summed E-state index contributed by atoms with van der Waals surface area (Å²) >= 11 is 1.48. The second kappa shape index (κ2) is 10.9. The average molecular weight is 538 g/mol. The van der Waals surface area contributed by atoms with Crippen molar-refractivity contribution in [1.82, 2.24) is 9.47 Å². The number of carbonyl (C=O) groups is 1. The summed E-state index contributed by atoms with van der Waals surface area (Å²) in [7, 11) is 0. The van der Waals surface area contributed by atoms with Crippen LogP contribution in [-0.2, 0) is 11.3 Å². The van der Waals surface area contributed by atoms with E-state index < -0.39 is 0 Å². The van der Waals surface area contributed by atoms with Crippen LogP contribution in [-0.4, -0.2) is 26.6 Å². The molecule has 2 atom stereocenters. The van der Waals surface area contributed by atoms with Crippen molar-refractivity contribution < 1.29 is 9.18 Å². The zero-order chi connectivity index (χ0) is 26.9. The van der Waals surface area contributed by atoms with Crippen LogP contribution in [0.15, 0.2) is 88.8 Å². The molecule has 1 aromatic heterocycles. The maximum Gasteiger partial charge on any atom is 0.267 e. The van der Waals surface area contributed by atoms with Gasteiger partial charge in [-0.3, -0.25) is 9.69 Å². The van der Waals surface area contributed by atoms with Crippen LogP contribution in [0.1, 0.15) is 49.4 Å². The monoisotopic (exact) mass is 537 g/mol. The first-order valence-electron chi connectivity index (χ1n) is 13.7. The van der Waals surface area contributed by atoms with Crippen LogP contribution in [0.4, 0.5) is 10.1 Å². The highest BCUT2D eigenvalue weighted by Crippen LogP contribution is 2.41. The largest absolute Gasteiger partial charge is 0.340 e. The van der Waals surface area contributed by atoms with Gasteiger partial charge in [-0.2, -0.15) is 0 Å². The van der Waals surface area contributed by atoms with Crippen LogP contribution < -0.4 is 0 Å². The fraction of sp³-hybridized carbons (Fsp3) is 0.273. The van der Waals surface area contributed by atoms with Gasteiger partial charge in [-0.25, -0.2) is 9.38 Å². The maximum atomic E-state index is 14.0. The lowest BCUT2D eigenvalue weighted by Crippen LogP contribution is -2.44. The molecule has 3 aromatic carbocycles. The van der Waals surface area contributed by atoms with Crippen LogP contribution in [0, 0.1) is 18.7 Å². The third-order valence-electron chi connectivity index (χ3n) is 8.02. The number of hydrogen-bond donors (Lipinski definition) is 0. The van der Waals surface area contributed by atoms with Crippen molar-refractivity contribution in [3.63, 3.8) is 0 Å². The number of para-hydroxylation sites is 2. The third-order valence-corrected chi connectivity index (χ3v) is 9.01. The molecule has 0 unspecified atom stereocenters. The van der Waals surface area contributed by atoms with E-state index in [9.17, 15) is 9.18 Å². The fourth-order valence-electron chi connectivity index (χ4n) is 5.90. The third kappa shape index (κ3) is 5.06. The number of hydrogen-bond acceptors (Lipinski definition) is 3. The number of amidine groups is 1. The minimum Gasteiger partial charge on any atom is -0.340 e. The summed E-state index contributed by atoms with van der Waals surface area (Å²) in [5, 5.41) is 1.87. The predicted molar refractivity (Wildman–Crippen MR) is 160 cm³/mol. The van der Waals surface area contributed by atoms with Crippen molar-refractivity contribution in [3.05, 3.63) is 106 Å². The molecule has 1 saturated carbocycles.